The largest absolute Gasteiger partial charge is 0.397 e. The molecular formula is C11H15ClFN3. The summed E-state index contributed by atoms with van der Waals surface area (Å²) in [5.74, 6) is -0.483. The number of nitrogens with zero attached hydrogens (tertiary/aromatic N) is 1. The summed E-state index contributed by atoms with van der Waals surface area (Å²) in [6.07, 6.45) is 3.60. The third-order valence-corrected chi connectivity index (χ3v) is 3.02. The molecule has 1 aliphatic rings. The summed E-state index contributed by atoms with van der Waals surface area (Å²) in [4.78, 5) is 0. The van der Waals surface area contributed by atoms with E-state index in [9.17, 15) is 4.39 Å². The standard InChI is InChI=1S/C11H15ClFN3/c12-8-6-11(10(14)7-9(8)13)15-16-4-2-1-3-5-16/h6-7,15H,1-5,14H2. The molecule has 0 saturated carbocycles. The van der Waals surface area contributed by atoms with Crippen LogP contribution in [0.5, 0.6) is 0 Å². The number of halogens is 2. The van der Waals surface area contributed by atoms with Crippen LogP contribution in [0.1, 0.15) is 19.3 Å². The summed E-state index contributed by atoms with van der Waals surface area (Å²) >= 11 is 5.71. The van der Waals surface area contributed by atoms with Gasteiger partial charge in [0.15, 0.2) is 0 Å². The predicted octanol–water partition coefficient (Wildman–Crippen LogP) is 2.87. The first-order valence-electron chi connectivity index (χ1n) is 5.43. The zero-order valence-corrected chi connectivity index (χ0v) is 9.73. The van der Waals surface area contributed by atoms with E-state index in [2.05, 4.69) is 10.4 Å². The molecule has 0 atom stereocenters. The zero-order chi connectivity index (χ0) is 11.5. The molecule has 3 N–H and O–H groups in total. The van der Waals surface area contributed by atoms with Crippen LogP contribution in [0, 0.1) is 5.82 Å². The van der Waals surface area contributed by atoms with Gasteiger partial charge < -0.3 is 11.2 Å². The van der Waals surface area contributed by atoms with Crippen molar-refractivity contribution < 1.29 is 4.39 Å². The molecule has 16 heavy (non-hydrogen) atoms. The minimum Gasteiger partial charge on any atom is -0.397 e. The Morgan fingerprint density at radius 2 is 1.94 bits per heavy atom. The molecule has 0 unspecified atom stereocenters. The van der Waals surface area contributed by atoms with Crippen molar-refractivity contribution in [3.8, 4) is 0 Å². The topological polar surface area (TPSA) is 41.3 Å². The minimum absolute atomic E-state index is 0.0914. The Morgan fingerprint density at radius 3 is 2.62 bits per heavy atom. The van der Waals surface area contributed by atoms with E-state index in [0.29, 0.717) is 11.4 Å². The maximum Gasteiger partial charge on any atom is 0.143 e. The normalized spacial score (nSPS) is 17.4. The highest BCUT2D eigenvalue weighted by Gasteiger charge is 2.12. The molecule has 0 spiro atoms. The van der Waals surface area contributed by atoms with Gasteiger partial charge in [-0.2, -0.15) is 0 Å². The van der Waals surface area contributed by atoms with Crippen LogP contribution in [0.15, 0.2) is 12.1 Å². The zero-order valence-electron chi connectivity index (χ0n) is 8.97. The molecule has 1 aromatic rings. The number of piperidine rings is 1. The lowest BCUT2D eigenvalue weighted by Gasteiger charge is -2.28. The minimum atomic E-state index is -0.483. The summed E-state index contributed by atoms with van der Waals surface area (Å²) in [7, 11) is 0. The first kappa shape index (κ1) is 11.5. The van der Waals surface area contributed by atoms with Gasteiger partial charge >= 0.3 is 0 Å². The first-order valence-corrected chi connectivity index (χ1v) is 5.81. The van der Waals surface area contributed by atoms with E-state index in [-0.39, 0.29) is 5.02 Å². The lowest BCUT2D eigenvalue weighted by Crippen LogP contribution is -2.35. The molecule has 2 rings (SSSR count). The molecule has 5 heteroatoms. The van der Waals surface area contributed by atoms with Crippen molar-refractivity contribution in [2.75, 3.05) is 24.2 Å². The second-order valence-corrected chi connectivity index (χ2v) is 4.42. The number of nitrogens with two attached hydrogens (primary N) is 1. The van der Waals surface area contributed by atoms with Crippen molar-refractivity contribution in [2.45, 2.75) is 19.3 Å². The second-order valence-electron chi connectivity index (χ2n) is 4.01. The molecular weight excluding hydrogens is 229 g/mol. The van der Waals surface area contributed by atoms with Gasteiger partial charge in [-0.1, -0.05) is 18.0 Å². The number of nitrogen functional groups attached to an aromatic ring is 1. The lowest BCUT2D eigenvalue weighted by molar-refractivity contribution is 0.273. The van der Waals surface area contributed by atoms with Crippen molar-refractivity contribution in [3.05, 3.63) is 23.0 Å². The van der Waals surface area contributed by atoms with Crippen molar-refractivity contribution >= 4 is 23.0 Å². The fourth-order valence-electron chi connectivity index (χ4n) is 1.84. The molecule has 0 aromatic heterocycles. The fourth-order valence-corrected chi connectivity index (χ4v) is 2.00. The highest BCUT2D eigenvalue weighted by molar-refractivity contribution is 6.31. The molecule has 1 heterocycles. The van der Waals surface area contributed by atoms with Crippen molar-refractivity contribution in [3.63, 3.8) is 0 Å². The Labute approximate surface area is 99.3 Å². The number of hydrogen-bond acceptors (Lipinski definition) is 3. The van der Waals surface area contributed by atoms with Gasteiger partial charge in [0.2, 0.25) is 0 Å². The average Bonchev–Trinajstić information content (AvgIpc) is 2.27. The summed E-state index contributed by atoms with van der Waals surface area (Å²) in [6, 6.07) is 2.77. The third-order valence-electron chi connectivity index (χ3n) is 2.73. The van der Waals surface area contributed by atoms with E-state index in [1.54, 1.807) is 0 Å². The smallest absolute Gasteiger partial charge is 0.143 e. The summed E-state index contributed by atoms with van der Waals surface area (Å²) < 4.78 is 13.1. The van der Waals surface area contributed by atoms with Crippen LogP contribution in [0.2, 0.25) is 5.02 Å². The van der Waals surface area contributed by atoms with Gasteiger partial charge in [-0.3, -0.25) is 0 Å². The van der Waals surface area contributed by atoms with E-state index >= 15 is 0 Å². The van der Waals surface area contributed by atoms with Gasteiger partial charge in [0.25, 0.3) is 0 Å². The molecule has 1 aliphatic heterocycles. The molecule has 88 valence electrons. The predicted molar refractivity (Wildman–Crippen MR) is 64.9 cm³/mol. The number of benzene rings is 1. The molecule has 0 aliphatic carbocycles. The number of hydrogen-bond donors (Lipinski definition) is 2. The Balaban J connectivity index is 2.11. The van der Waals surface area contributed by atoms with E-state index in [4.69, 9.17) is 17.3 Å². The maximum absolute atomic E-state index is 13.1. The van der Waals surface area contributed by atoms with Gasteiger partial charge in [-0.15, -0.1) is 0 Å². The molecule has 0 bridgehead atoms. The average molecular weight is 244 g/mol. The van der Waals surface area contributed by atoms with Gasteiger partial charge in [0.05, 0.1) is 16.4 Å². The van der Waals surface area contributed by atoms with Crippen LogP contribution >= 0.6 is 11.6 Å². The third kappa shape index (κ3) is 2.57. The number of nitrogens with one attached hydrogen (secondary N) is 1. The molecule has 0 amide bonds. The van der Waals surface area contributed by atoms with E-state index < -0.39 is 5.82 Å². The summed E-state index contributed by atoms with van der Waals surface area (Å²) in [5.41, 5.74) is 9.95. The molecule has 1 aromatic carbocycles. The number of rotatable bonds is 2. The monoisotopic (exact) mass is 243 g/mol. The van der Waals surface area contributed by atoms with Crippen LogP contribution in [-0.2, 0) is 0 Å². The highest BCUT2D eigenvalue weighted by atomic mass is 35.5. The maximum atomic E-state index is 13.1. The number of anilines is 2. The SMILES string of the molecule is Nc1cc(F)c(Cl)cc1NN1CCCCC1. The van der Waals surface area contributed by atoms with Gasteiger partial charge in [0, 0.05) is 19.2 Å². The Hall–Kier alpha value is -1.00. The Morgan fingerprint density at radius 1 is 1.25 bits per heavy atom. The van der Waals surface area contributed by atoms with Gasteiger partial charge in [-0.25, -0.2) is 9.40 Å². The quantitative estimate of drug-likeness (QED) is 0.785. The van der Waals surface area contributed by atoms with E-state index in [0.717, 1.165) is 13.1 Å². The highest BCUT2D eigenvalue weighted by Crippen LogP contribution is 2.27. The van der Waals surface area contributed by atoms with E-state index in [1.807, 2.05) is 0 Å². The molecule has 0 radical (unpaired) electrons. The van der Waals surface area contributed by atoms with Crippen molar-refractivity contribution in [1.82, 2.24) is 5.01 Å². The molecule has 1 saturated heterocycles. The van der Waals surface area contributed by atoms with Crippen LogP contribution in [0.3, 0.4) is 0 Å². The Kier molecular flexibility index (Phi) is 3.51. The summed E-state index contributed by atoms with van der Waals surface area (Å²) in [6.45, 7) is 1.96. The van der Waals surface area contributed by atoms with Gasteiger partial charge in [-0.05, 0) is 18.9 Å². The fraction of sp³-hybridized carbons (Fsp3) is 0.455. The molecule has 1 fully saturated rings. The van der Waals surface area contributed by atoms with Gasteiger partial charge in [0.1, 0.15) is 5.82 Å². The number of hydrazine groups is 1. The van der Waals surface area contributed by atoms with E-state index in [1.165, 1.54) is 31.4 Å². The first-order chi connectivity index (χ1) is 7.66. The summed E-state index contributed by atoms with van der Waals surface area (Å²) in [5, 5.41) is 2.18. The van der Waals surface area contributed by atoms with Crippen LogP contribution < -0.4 is 11.2 Å². The Bertz CT molecular complexity index is 378. The second kappa shape index (κ2) is 4.89. The van der Waals surface area contributed by atoms with Crippen molar-refractivity contribution in [2.24, 2.45) is 0 Å². The van der Waals surface area contributed by atoms with Crippen LogP contribution in [0.4, 0.5) is 15.8 Å². The van der Waals surface area contributed by atoms with Crippen molar-refractivity contribution in [1.29, 1.82) is 0 Å². The van der Waals surface area contributed by atoms with Crippen LogP contribution in [-0.4, -0.2) is 18.1 Å². The van der Waals surface area contributed by atoms with Crippen LogP contribution in [0.25, 0.3) is 0 Å². The molecule has 3 nitrogen and oxygen atoms in total. The lowest BCUT2D eigenvalue weighted by atomic mass is 10.2.